The Bertz CT molecular complexity index is 1720. The third kappa shape index (κ3) is 5.57. The molecule has 9 nitrogen and oxygen atoms in total. The second-order valence-corrected chi connectivity index (χ2v) is 12.3. The van der Waals surface area contributed by atoms with Crippen LogP contribution >= 0.6 is 23.2 Å². The minimum atomic E-state index is -3.27. The maximum atomic E-state index is 15.5. The van der Waals surface area contributed by atoms with Gasteiger partial charge in [0.25, 0.3) is 17.9 Å². The molecule has 2 saturated carbocycles. The van der Waals surface area contributed by atoms with E-state index >= 15 is 8.78 Å². The molecule has 2 fully saturated rings. The third-order valence-electron chi connectivity index (χ3n) is 7.58. The summed E-state index contributed by atoms with van der Waals surface area (Å²) in [5.41, 5.74) is -12.6. The molecule has 2 aliphatic carbocycles. The van der Waals surface area contributed by atoms with Crippen LogP contribution in [0.5, 0.6) is 17.2 Å². The number of phenolic OH excluding ortho intramolecular Hbond substituents is 1. The summed E-state index contributed by atoms with van der Waals surface area (Å²) >= 11 is 12.6. The van der Waals surface area contributed by atoms with Crippen molar-refractivity contribution in [2.75, 3.05) is 0 Å². The van der Waals surface area contributed by atoms with Crippen molar-refractivity contribution < 1.29 is 36.6 Å². The summed E-state index contributed by atoms with van der Waals surface area (Å²) < 4.78 is 77.8. The van der Waals surface area contributed by atoms with E-state index in [1.165, 1.54) is 13.0 Å². The number of carbonyl (C=O) groups excluding carboxylic acids is 1. The molecular formula is C27H23Cl2F5N4O5. The molecule has 16 heteroatoms. The summed E-state index contributed by atoms with van der Waals surface area (Å²) in [5.74, 6) is -1.63. The number of aromatic nitrogens is 3. The number of halogens is 7. The van der Waals surface area contributed by atoms with Gasteiger partial charge in [-0.2, -0.15) is 9.78 Å². The molecule has 1 amide bonds. The number of nitrogens with one attached hydrogen (secondary N) is 2. The first-order chi connectivity index (χ1) is 19.8. The number of phenols is 1. The number of carbonyl (C=O) groups is 1. The number of hydrogen-bond acceptors (Lipinski definition) is 6. The fraction of sp³-hybridized carbons (Fsp3) is 0.407. The highest BCUT2D eigenvalue weighted by molar-refractivity contribution is 6.37. The molecule has 0 spiro atoms. The normalized spacial score (nSPS) is 28.2. The van der Waals surface area contributed by atoms with Gasteiger partial charge in [-0.25, -0.2) is 26.7 Å². The van der Waals surface area contributed by atoms with Crippen LogP contribution in [0, 0.1) is 0 Å². The largest absolute Gasteiger partial charge is 0.507 e. The van der Waals surface area contributed by atoms with Crippen molar-refractivity contribution >= 4 is 29.1 Å². The van der Waals surface area contributed by atoms with Gasteiger partial charge >= 0.3 is 5.69 Å². The van der Waals surface area contributed by atoms with Crippen LogP contribution < -0.4 is 21.3 Å². The van der Waals surface area contributed by atoms with Gasteiger partial charge < -0.3 is 15.2 Å². The van der Waals surface area contributed by atoms with E-state index in [1.54, 1.807) is 4.98 Å². The summed E-state index contributed by atoms with van der Waals surface area (Å²) in [6.07, 6.45) is -5.50. The van der Waals surface area contributed by atoms with Crippen LogP contribution in [0.3, 0.4) is 0 Å². The Morgan fingerprint density at radius 1 is 1.05 bits per heavy atom. The molecule has 0 saturated heterocycles. The molecule has 43 heavy (non-hydrogen) atoms. The lowest BCUT2D eigenvalue weighted by Gasteiger charge is -2.29. The highest BCUT2D eigenvalue weighted by Crippen LogP contribution is 2.62. The van der Waals surface area contributed by atoms with Gasteiger partial charge in [0.05, 0.1) is 21.3 Å². The van der Waals surface area contributed by atoms with Crippen molar-refractivity contribution in [1.29, 1.82) is 0 Å². The first kappa shape index (κ1) is 30.8. The van der Waals surface area contributed by atoms with Gasteiger partial charge in [0, 0.05) is 31.2 Å². The first-order valence-corrected chi connectivity index (χ1v) is 13.5. The second kappa shape index (κ2) is 10.2. The van der Waals surface area contributed by atoms with E-state index in [0.717, 1.165) is 31.2 Å². The molecule has 230 valence electrons. The maximum absolute atomic E-state index is 15.5. The van der Waals surface area contributed by atoms with E-state index in [-0.39, 0.29) is 32.8 Å². The van der Waals surface area contributed by atoms with Crippen molar-refractivity contribution in [3.05, 3.63) is 72.5 Å². The van der Waals surface area contributed by atoms with Crippen molar-refractivity contribution in [2.45, 2.75) is 68.5 Å². The highest BCUT2D eigenvalue weighted by atomic mass is 35.5. The van der Waals surface area contributed by atoms with E-state index in [4.69, 9.17) is 27.9 Å². The fourth-order valence-corrected chi connectivity index (χ4v) is 6.65. The number of aromatic hydroxyl groups is 1. The van der Waals surface area contributed by atoms with Crippen LogP contribution in [0.2, 0.25) is 10.0 Å². The number of fused-ring (bicyclic) bond motifs is 1. The van der Waals surface area contributed by atoms with Crippen LogP contribution in [0.25, 0.3) is 5.69 Å². The molecule has 3 N–H and O–H groups in total. The molecule has 2 aromatic carbocycles. The summed E-state index contributed by atoms with van der Waals surface area (Å²) in [7, 11) is 0. The van der Waals surface area contributed by atoms with E-state index in [2.05, 4.69) is 10.4 Å². The number of ether oxygens (including phenoxy) is 1. The smallest absolute Gasteiger partial charge is 0.349 e. The van der Waals surface area contributed by atoms with Crippen molar-refractivity contribution in [3.63, 3.8) is 0 Å². The van der Waals surface area contributed by atoms with Crippen LogP contribution in [-0.4, -0.2) is 48.3 Å². The number of rotatable bonds is 6. The Kier molecular flexibility index (Phi) is 7.32. The van der Waals surface area contributed by atoms with E-state index < -0.39 is 83.3 Å². The van der Waals surface area contributed by atoms with Crippen LogP contribution in [0.4, 0.5) is 22.0 Å². The number of alkyl halides is 5. The molecule has 2 unspecified atom stereocenters. The lowest BCUT2D eigenvalue weighted by atomic mass is 9.91. The summed E-state index contributed by atoms with van der Waals surface area (Å²) in [6, 6.07) is 5.68. The van der Waals surface area contributed by atoms with Crippen LogP contribution in [0.15, 0.2) is 39.9 Å². The lowest BCUT2D eigenvalue weighted by molar-refractivity contribution is 0.0148. The maximum Gasteiger partial charge on any atom is 0.349 e. The zero-order chi connectivity index (χ0) is 31.7. The summed E-state index contributed by atoms with van der Waals surface area (Å²) in [5, 5.41) is 15.8. The van der Waals surface area contributed by atoms with E-state index in [0.29, 0.717) is 4.68 Å². The number of hydrogen-bond donors (Lipinski definition) is 3. The van der Waals surface area contributed by atoms with E-state index in [9.17, 15) is 32.7 Å². The highest BCUT2D eigenvalue weighted by Gasteiger charge is 2.72. The minimum absolute atomic E-state index is 0.0654. The average molecular weight is 649 g/mol. The van der Waals surface area contributed by atoms with Gasteiger partial charge in [-0.15, -0.1) is 0 Å². The lowest BCUT2D eigenvalue weighted by Crippen LogP contribution is -2.46. The standard InChI is InChI=1S/C27H23Cl2F5N4O5/c1-24(32)8-26(33)10-25(2,11-27(26,34)9-24)36-21(40)14-7-13(3-4-17(14)39)43-19-15(28)5-12(6-16(19)29)38-23(42)35-22(41)18(37-38)20(30)31/h3-7,20,39H,8-11H2,1-2H3,(H,36,40)(H,35,41,42). The van der Waals surface area contributed by atoms with Crippen LogP contribution in [0.1, 0.15) is 62.0 Å². The topological polar surface area (TPSA) is 126 Å². The Balaban J connectivity index is 1.38. The van der Waals surface area contributed by atoms with E-state index in [1.807, 2.05) is 0 Å². The molecule has 2 aliphatic rings. The second-order valence-electron chi connectivity index (χ2n) is 11.4. The number of amides is 1. The quantitative estimate of drug-likeness (QED) is 0.287. The monoisotopic (exact) mass is 648 g/mol. The number of H-pyrrole nitrogens is 1. The predicted molar refractivity (Wildman–Crippen MR) is 145 cm³/mol. The minimum Gasteiger partial charge on any atom is -0.507 e. The summed E-state index contributed by atoms with van der Waals surface area (Å²) in [4.78, 5) is 38.6. The zero-order valence-electron chi connectivity index (χ0n) is 22.4. The Hall–Kier alpha value is -3.65. The first-order valence-electron chi connectivity index (χ1n) is 12.8. The zero-order valence-corrected chi connectivity index (χ0v) is 23.9. The van der Waals surface area contributed by atoms with Crippen LogP contribution in [-0.2, 0) is 0 Å². The molecule has 2 atom stereocenters. The van der Waals surface area contributed by atoms with Crippen molar-refractivity contribution in [2.24, 2.45) is 0 Å². The molecule has 0 radical (unpaired) electrons. The fourth-order valence-electron chi connectivity index (χ4n) is 6.09. The van der Waals surface area contributed by atoms with Crippen molar-refractivity contribution in [1.82, 2.24) is 20.1 Å². The number of benzene rings is 2. The molecule has 3 aromatic rings. The van der Waals surface area contributed by atoms with Gasteiger partial charge in [-0.1, -0.05) is 23.2 Å². The average Bonchev–Trinajstić information content (AvgIpc) is 3.15. The SMILES string of the molecule is CC1(F)CC2(F)CC(C)(NC(=O)c3cc(Oc4c(Cl)cc(-n5nc(C(F)F)c(=O)[nH]c5=O)cc4Cl)ccc3O)CC2(F)C1. The van der Waals surface area contributed by atoms with Gasteiger partial charge in [0.1, 0.15) is 28.5 Å². The van der Waals surface area contributed by atoms with Gasteiger partial charge in [-0.3, -0.25) is 14.6 Å². The van der Waals surface area contributed by atoms with Gasteiger partial charge in [-0.05, 0) is 44.2 Å². The van der Waals surface area contributed by atoms with Gasteiger partial charge in [0.15, 0.2) is 11.4 Å². The molecule has 1 aromatic heterocycles. The Morgan fingerprint density at radius 2 is 1.63 bits per heavy atom. The van der Waals surface area contributed by atoms with Crippen molar-refractivity contribution in [3.8, 4) is 22.9 Å². The third-order valence-corrected chi connectivity index (χ3v) is 8.14. The molecule has 5 rings (SSSR count). The summed E-state index contributed by atoms with van der Waals surface area (Å²) in [6.45, 7) is 2.58. The number of nitrogens with zero attached hydrogens (tertiary/aromatic N) is 2. The number of aromatic amines is 1. The Morgan fingerprint density at radius 3 is 2.19 bits per heavy atom. The molecule has 0 bridgehead atoms. The molecule has 0 aliphatic heterocycles. The van der Waals surface area contributed by atoms with Gasteiger partial charge in [0.2, 0.25) is 0 Å². The molecule has 1 heterocycles. The Labute approximate surface area is 249 Å². The molecular weight excluding hydrogens is 626 g/mol. The predicted octanol–water partition coefficient (Wildman–Crippen LogP) is 5.88.